The number of hydrogen-bond acceptors (Lipinski definition) is 3. The van der Waals surface area contributed by atoms with Crippen LogP contribution in [-0.2, 0) is 11.3 Å². The Kier molecular flexibility index (Phi) is 8.03. The molecule has 2 N–H and O–H groups in total. The van der Waals surface area contributed by atoms with Crippen molar-refractivity contribution in [3.8, 4) is 5.69 Å². The Balaban J connectivity index is 0.00000261. The number of benzene rings is 1. The molecule has 0 aliphatic carbocycles. The van der Waals surface area contributed by atoms with E-state index in [1.807, 2.05) is 13.0 Å². The van der Waals surface area contributed by atoms with Gasteiger partial charge in [-0.25, -0.2) is 14.4 Å². The van der Waals surface area contributed by atoms with Crippen LogP contribution in [0.15, 0.2) is 41.9 Å². The maximum absolute atomic E-state index is 14.3. The van der Waals surface area contributed by atoms with Crippen LogP contribution in [0, 0.1) is 5.82 Å². The molecule has 1 aromatic carbocycles. The number of hydrogen-bond donors (Lipinski definition) is 2. The van der Waals surface area contributed by atoms with E-state index in [4.69, 9.17) is 4.74 Å². The highest BCUT2D eigenvalue weighted by atomic mass is 127. The van der Waals surface area contributed by atoms with E-state index in [1.165, 1.54) is 6.07 Å². The lowest BCUT2D eigenvalue weighted by Crippen LogP contribution is -2.45. The van der Waals surface area contributed by atoms with Gasteiger partial charge in [-0.2, -0.15) is 0 Å². The maximum atomic E-state index is 14.3. The summed E-state index contributed by atoms with van der Waals surface area (Å²) < 4.78 is 21.8. The predicted molar refractivity (Wildman–Crippen MR) is 115 cm³/mol. The third-order valence-electron chi connectivity index (χ3n) is 4.49. The molecule has 1 aliphatic rings. The molecule has 0 radical (unpaired) electrons. The van der Waals surface area contributed by atoms with Crippen LogP contribution < -0.4 is 10.6 Å². The lowest BCUT2D eigenvalue weighted by molar-refractivity contribution is 0.0243. The fraction of sp³-hybridized carbons (Fsp3) is 0.474. The third-order valence-corrected chi connectivity index (χ3v) is 4.49. The van der Waals surface area contributed by atoms with Crippen molar-refractivity contribution in [3.05, 3.63) is 48.3 Å². The molecule has 27 heavy (non-hydrogen) atoms. The molecule has 3 rings (SSSR count). The van der Waals surface area contributed by atoms with Crippen molar-refractivity contribution in [1.82, 2.24) is 20.2 Å². The largest absolute Gasteiger partial charge is 0.373 e. The average molecular weight is 487 g/mol. The number of ether oxygens (including phenoxy) is 1. The molecule has 0 bridgehead atoms. The zero-order chi connectivity index (χ0) is 18.4. The molecule has 6 nitrogen and oxygen atoms in total. The molecule has 1 saturated heterocycles. The minimum atomic E-state index is -0.291. The normalized spacial score (nSPS) is 19.6. The van der Waals surface area contributed by atoms with E-state index in [0.717, 1.165) is 31.6 Å². The lowest BCUT2D eigenvalue weighted by atomic mass is 10.0. The van der Waals surface area contributed by atoms with E-state index >= 15 is 0 Å². The maximum Gasteiger partial charge on any atom is 0.191 e. The van der Waals surface area contributed by atoms with Gasteiger partial charge in [0.15, 0.2) is 5.96 Å². The van der Waals surface area contributed by atoms with Crippen molar-refractivity contribution >= 4 is 29.9 Å². The molecule has 1 aromatic heterocycles. The van der Waals surface area contributed by atoms with Crippen LogP contribution in [0.1, 0.15) is 32.3 Å². The third kappa shape index (κ3) is 5.90. The summed E-state index contributed by atoms with van der Waals surface area (Å²) in [6.07, 6.45) is 7.06. The standard InChI is InChI=1S/C19H26FN5O.HI/c1-3-22-18(24-13-19(2)7-4-10-26-19)23-12-15-5-6-17(16(20)11-15)25-9-8-21-14-25;/h5-6,8-9,11,14H,3-4,7,10,12-13H2,1-2H3,(H2,22,23,24);1H. The van der Waals surface area contributed by atoms with Gasteiger partial charge in [-0.15, -0.1) is 24.0 Å². The van der Waals surface area contributed by atoms with Gasteiger partial charge in [0.25, 0.3) is 0 Å². The van der Waals surface area contributed by atoms with Crippen LogP contribution >= 0.6 is 24.0 Å². The monoisotopic (exact) mass is 487 g/mol. The van der Waals surface area contributed by atoms with E-state index in [9.17, 15) is 4.39 Å². The Bertz CT molecular complexity index is 745. The van der Waals surface area contributed by atoms with Gasteiger partial charge in [0.2, 0.25) is 0 Å². The summed E-state index contributed by atoms with van der Waals surface area (Å²) in [5, 5.41) is 6.55. The molecule has 1 fully saturated rings. The van der Waals surface area contributed by atoms with Crippen molar-refractivity contribution < 1.29 is 9.13 Å². The highest BCUT2D eigenvalue weighted by Gasteiger charge is 2.29. The number of nitrogens with one attached hydrogen (secondary N) is 2. The summed E-state index contributed by atoms with van der Waals surface area (Å²) >= 11 is 0. The summed E-state index contributed by atoms with van der Waals surface area (Å²) in [6.45, 7) is 6.80. The molecule has 0 saturated carbocycles. The van der Waals surface area contributed by atoms with Crippen molar-refractivity contribution in [3.63, 3.8) is 0 Å². The Morgan fingerprint density at radius 1 is 1.41 bits per heavy atom. The van der Waals surface area contributed by atoms with E-state index in [1.54, 1.807) is 29.4 Å². The van der Waals surface area contributed by atoms with Crippen molar-refractivity contribution in [2.45, 2.75) is 38.8 Å². The smallest absolute Gasteiger partial charge is 0.191 e. The second-order valence-electron chi connectivity index (χ2n) is 6.71. The minimum absolute atomic E-state index is 0. The molecular weight excluding hydrogens is 460 g/mol. The fourth-order valence-corrected chi connectivity index (χ4v) is 3.02. The Morgan fingerprint density at radius 3 is 2.89 bits per heavy atom. The molecule has 0 spiro atoms. The number of aliphatic imine (C=N–C) groups is 1. The summed E-state index contributed by atoms with van der Waals surface area (Å²) in [7, 11) is 0. The van der Waals surface area contributed by atoms with Crippen LogP contribution in [0.3, 0.4) is 0 Å². The Morgan fingerprint density at radius 2 is 2.26 bits per heavy atom. The van der Waals surface area contributed by atoms with Gasteiger partial charge in [0, 0.05) is 32.1 Å². The summed E-state index contributed by atoms with van der Waals surface area (Å²) in [5.74, 6) is 0.420. The highest BCUT2D eigenvalue weighted by molar-refractivity contribution is 14.0. The van der Waals surface area contributed by atoms with Crippen LogP contribution in [0.4, 0.5) is 4.39 Å². The van der Waals surface area contributed by atoms with Crippen LogP contribution in [-0.4, -0.2) is 40.8 Å². The number of guanidine groups is 1. The first-order valence-corrected chi connectivity index (χ1v) is 9.02. The zero-order valence-electron chi connectivity index (χ0n) is 15.7. The van der Waals surface area contributed by atoms with E-state index in [0.29, 0.717) is 24.7 Å². The van der Waals surface area contributed by atoms with Crippen molar-refractivity contribution in [2.24, 2.45) is 4.99 Å². The molecule has 2 aromatic rings. The van der Waals surface area contributed by atoms with Crippen molar-refractivity contribution in [2.75, 3.05) is 19.7 Å². The van der Waals surface area contributed by atoms with E-state index < -0.39 is 0 Å². The van der Waals surface area contributed by atoms with Gasteiger partial charge in [0.1, 0.15) is 5.82 Å². The van der Waals surface area contributed by atoms with Gasteiger partial charge >= 0.3 is 0 Å². The summed E-state index contributed by atoms with van der Waals surface area (Å²) in [6, 6.07) is 5.15. The first-order chi connectivity index (χ1) is 12.6. The topological polar surface area (TPSA) is 63.5 Å². The first kappa shape index (κ1) is 21.6. The highest BCUT2D eigenvalue weighted by Crippen LogP contribution is 2.23. The Hall–Kier alpha value is -1.68. The molecule has 148 valence electrons. The summed E-state index contributed by atoms with van der Waals surface area (Å²) in [4.78, 5) is 8.51. The molecule has 2 heterocycles. The quantitative estimate of drug-likeness (QED) is 0.373. The average Bonchev–Trinajstić information content (AvgIpc) is 3.30. The van der Waals surface area contributed by atoms with Gasteiger partial charge < -0.3 is 19.9 Å². The molecule has 1 unspecified atom stereocenters. The van der Waals surface area contributed by atoms with E-state index in [2.05, 4.69) is 27.5 Å². The zero-order valence-corrected chi connectivity index (χ0v) is 18.1. The number of rotatable bonds is 6. The van der Waals surface area contributed by atoms with Gasteiger partial charge in [-0.3, -0.25) is 0 Å². The van der Waals surface area contributed by atoms with Gasteiger partial charge in [-0.05, 0) is 44.4 Å². The number of imidazole rings is 1. The van der Waals surface area contributed by atoms with Gasteiger partial charge in [0.05, 0.1) is 24.2 Å². The second kappa shape index (κ2) is 10.0. The predicted octanol–water partition coefficient (Wildman–Crippen LogP) is 3.25. The van der Waals surface area contributed by atoms with Crippen LogP contribution in [0.2, 0.25) is 0 Å². The molecule has 1 atom stereocenters. The van der Waals surface area contributed by atoms with Crippen LogP contribution in [0.25, 0.3) is 5.69 Å². The molecular formula is C19H27FIN5O. The SMILES string of the molecule is CCNC(=NCc1ccc(-n2ccnc2)c(F)c1)NCC1(C)CCCO1.I. The van der Waals surface area contributed by atoms with Crippen molar-refractivity contribution in [1.29, 1.82) is 0 Å². The fourth-order valence-electron chi connectivity index (χ4n) is 3.02. The van der Waals surface area contributed by atoms with E-state index in [-0.39, 0.29) is 35.4 Å². The second-order valence-corrected chi connectivity index (χ2v) is 6.71. The molecule has 1 aliphatic heterocycles. The van der Waals surface area contributed by atoms with Crippen LogP contribution in [0.5, 0.6) is 0 Å². The first-order valence-electron chi connectivity index (χ1n) is 9.02. The summed E-state index contributed by atoms with van der Waals surface area (Å²) in [5.41, 5.74) is 1.15. The number of aromatic nitrogens is 2. The number of nitrogens with zero attached hydrogens (tertiary/aromatic N) is 3. The Labute approximate surface area is 176 Å². The lowest BCUT2D eigenvalue weighted by Gasteiger charge is -2.24. The minimum Gasteiger partial charge on any atom is -0.373 e. The number of halogens is 2. The van der Waals surface area contributed by atoms with Gasteiger partial charge in [-0.1, -0.05) is 6.07 Å². The molecule has 0 amide bonds. The molecule has 8 heteroatoms.